The Kier molecular flexibility index (Phi) is 20.5. The zero-order valence-corrected chi connectivity index (χ0v) is 39.2. The van der Waals surface area contributed by atoms with E-state index in [9.17, 15) is 15.3 Å². The smallest absolute Gasteiger partial charge is 0.184 e. The molecule has 7 rings (SSSR count). The molecule has 7 aromatic rings. The lowest BCUT2D eigenvalue weighted by molar-refractivity contribution is 0.468. The number of hydrogen-bond acceptors (Lipinski definition) is 12. The number of benzene rings is 6. The van der Waals surface area contributed by atoms with Crippen LogP contribution in [-0.4, -0.2) is 60.6 Å². The van der Waals surface area contributed by atoms with Gasteiger partial charge in [0.1, 0.15) is 28.4 Å². The number of nitrogens with one attached hydrogen (secondary N) is 4. The maximum atomic E-state index is 10.0. The highest BCUT2D eigenvalue weighted by Crippen LogP contribution is 2.30. The van der Waals surface area contributed by atoms with Crippen LogP contribution in [0, 0.1) is 0 Å². The van der Waals surface area contributed by atoms with Gasteiger partial charge in [-0.1, -0.05) is 97.9 Å². The molecule has 0 spiro atoms. The third-order valence-corrected chi connectivity index (χ3v) is 9.29. The van der Waals surface area contributed by atoms with Gasteiger partial charge < -0.3 is 42.7 Å². The van der Waals surface area contributed by atoms with Gasteiger partial charge in [-0.05, 0) is 109 Å². The summed E-state index contributed by atoms with van der Waals surface area (Å²) in [5.41, 5.74) is 36.8. The number of phenolic OH excluding ortho intramolecular Hbond substituents is 3. The number of aryl methyl sites for hydroxylation is 1. The van der Waals surface area contributed by atoms with E-state index in [1.807, 2.05) is 104 Å². The molecule has 0 saturated heterocycles. The van der Waals surface area contributed by atoms with Gasteiger partial charge >= 0.3 is 0 Å². The number of para-hydroxylation sites is 4. The van der Waals surface area contributed by atoms with E-state index < -0.39 is 0 Å². The molecule has 1 heterocycles. The van der Waals surface area contributed by atoms with Gasteiger partial charge in [0, 0.05) is 38.4 Å². The lowest BCUT2D eigenvalue weighted by Crippen LogP contribution is -2.24. The molecule has 15 N–H and O–H groups in total. The minimum Gasteiger partial charge on any atom is -0.507 e. The maximum absolute atomic E-state index is 10.0. The van der Waals surface area contributed by atoms with Gasteiger partial charge in [0.05, 0.1) is 24.9 Å². The Morgan fingerprint density at radius 1 is 0.522 bits per heavy atom. The van der Waals surface area contributed by atoms with Crippen LogP contribution < -0.4 is 44.6 Å². The summed E-state index contributed by atoms with van der Waals surface area (Å²) in [5.74, 6) is 0.626. The second kappa shape index (κ2) is 26.7. The summed E-state index contributed by atoms with van der Waals surface area (Å²) in [6.07, 6.45) is 9.16. The molecule has 0 amide bonds. The average molecular weight is 973 g/mol. The lowest BCUT2D eigenvalue weighted by Gasteiger charge is -2.04. The number of phenols is 3. The van der Waals surface area contributed by atoms with E-state index in [4.69, 9.17) is 27.4 Å². The Morgan fingerprint density at radius 2 is 0.955 bits per heavy atom. The Bertz CT molecular complexity index is 2990. The molecule has 0 saturated carbocycles. The van der Waals surface area contributed by atoms with Crippen molar-refractivity contribution in [3.05, 3.63) is 161 Å². The number of fused-ring (bicyclic) bond motifs is 4. The molecule has 0 fully saturated rings. The van der Waals surface area contributed by atoms with Crippen molar-refractivity contribution < 1.29 is 19.7 Å². The van der Waals surface area contributed by atoms with E-state index >= 15 is 0 Å². The first-order chi connectivity index (χ1) is 32.2. The van der Waals surface area contributed by atoms with Gasteiger partial charge in [-0.15, -0.1) is 6.58 Å². The first-order valence-corrected chi connectivity index (χ1v) is 21.5. The van der Waals surface area contributed by atoms with Crippen LogP contribution in [0.25, 0.3) is 32.7 Å². The molecule has 0 aliphatic carbocycles. The molecule has 0 aliphatic rings. The SMILES string of the molecule is C=CCc1cccc(/C=N/NC(N)=S)c1O.CCc1cccc(/C=N/NC(N)=S)c1O.NC(=S)N/N=C/c1ccc2ccccc2c1O.NC(=S)N/N=C/c1cccc2c1oc1ccccc12. The van der Waals surface area contributed by atoms with E-state index in [1.165, 1.54) is 18.6 Å². The number of hydrazone groups is 4. The van der Waals surface area contributed by atoms with Crippen molar-refractivity contribution in [2.45, 2.75) is 19.8 Å². The normalized spacial score (nSPS) is 10.8. The van der Waals surface area contributed by atoms with Gasteiger partial charge in [-0.25, -0.2) is 0 Å². The van der Waals surface area contributed by atoms with Crippen LogP contribution in [0.2, 0.25) is 0 Å². The van der Waals surface area contributed by atoms with Crippen molar-refractivity contribution in [3.8, 4) is 17.2 Å². The minimum absolute atomic E-state index is 0.0815. The maximum Gasteiger partial charge on any atom is 0.184 e. The molecular weight excluding hydrogens is 925 g/mol. The van der Waals surface area contributed by atoms with Crippen molar-refractivity contribution >= 4 is 127 Å². The van der Waals surface area contributed by atoms with Gasteiger partial charge in [0.15, 0.2) is 20.4 Å². The summed E-state index contributed by atoms with van der Waals surface area (Å²) >= 11 is 18.5. The van der Waals surface area contributed by atoms with Gasteiger partial charge in [-0.2, -0.15) is 20.4 Å². The minimum atomic E-state index is 0.0815. The largest absolute Gasteiger partial charge is 0.507 e. The number of nitrogens with zero attached hydrogens (tertiary/aromatic N) is 4. The van der Waals surface area contributed by atoms with Gasteiger partial charge in [0.2, 0.25) is 0 Å². The predicted octanol–water partition coefficient (Wildman–Crippen LogP) is 6.88. The third kappa shape index (κ3) is 16.2. The monoisotopic (exact) mass is 972 g/mol. The van der Waals surface area contributed by atoms with Crippen LogP contribution in [0.4, 0.5) is 0 Å². The fourth-order valence-corrected chi connectivity index (χ4v) is 6.16. The second-order valence-corrected chi connectivity index (χ2v) is 15.3. The molecule has 0 bridgehead atoms. The van der Waals surface area contributed by atoms with Gasteiger partial charge in [-0.3, -0.25) is 21.7 Å². The molecule has 0 unspecified atom stereocenters. The third-order valence-electron chi connectivity index (χ3n) is 8.93. The van der Waals surface area contributed by atoms with Crippen molar-refractivity contribution in [2.75, 3.05) is 0 Å². The van der Waals surface area contributed by atoms with Crippen LogP contribution in [0.5, 0.6) is 17.2 Å². The van der Waals surface area contributed by atoms with E-state index in [1.54, 1.807) is 30.5 Å². The number of hydrogen-bond donors (Lipinski definition) is 11. The summed E-state index contributed by atoms with van der Waals surface area (Å²) in [7, 11) is 0. The molecule has 67 heavy (non-hydrogen) atoms. The number of furan rings is 1. The molecule has 16 nitrogen and oxygen atoms in total. The highest BCUT2D eigenvalue weighted by molar-refractivity contribution is 7.80. The van der Waals surface area contributed by atoms with Gasteiger partial charge in [0.25, 0.3) is 0 Å². The topological polar surface area (TPSA) is 275 Å². The average Bonchev–Trinajstić information content (AvgIpc) is 3.69. The van der Waals surface area contributed by atoms with Crippen LogP contribution >= 0.6 is 48.9 Å². The van der Waals surface area contributed by atoms with Crippen molar-refractivity contribution in [1.82, 2.24) is 21.7 Å². The molecule has 0 aliphatic heterocycles. The van der Waals surface area contributed by atoms with Crippen LogP contribution in [0.1, 0.15) is 40.3 Å². The van der Waals surface area contributed by atoms with Crippen LogP contribution in [0.15, 0.2) is 153 Å². The fraction of sp³-hybridized carbons (Fsp3) is 0.0638. The fourth-order valence-electron chi connectivity index (χ4n) is 5.94. The summed E-state index contributed by atoms with van der Waals surface area (Å²) in [6, 6.07) is 36.0. The number of rotatable bonds is 11. The van der Waals surface area contributed by atoms with Crippen molar-refractivity contribution in [2.24, 2.45) is 43.3 Å². The highest BCUT2D eigenvalue weighted by atomic mass is 32.1. The molecule has 6 aromatic carbocycles. The Labute approximate surface area is 407 Å². The number of allylic oxidation sites excluding steroid dienone is 1. The van der Waals surface area contributed by atoms with Crippen molar-refractivity contribution in [1.29, 1.82) is 0 Å². The zero-order chi connectivity index (χ0) is 48.7. The van der Waals surface area contributed by atoms with E-state index in [-0.39, 0.29) is 37.7 Å². The Hall–Kier alpha value is -8.04. The summed E-state index contributed by atoms with van der Waals surface area (Å²) < 4.78 is 5.86. The molecule has 1 aromatic heterocycles. The van der Waals surface area contributed by atoms with E-state index in [2.05, 4.69) is 97.6 Å². The predicted molar refractivity (Wildman–Crippen MR) is 289 cm³/mol. The second-order valence-electron chi connectivity index (χ2n) is 13.5. The first-order valence-electron chi connectivity index (χ1n) is 19.9. The molecule has 344 valence electrons. The van der Waals surface area contributed by atoms with E-state index in [0.717, 1.165) is 55.8 Å². The first kappa shape index (κ1) is 51.6. The van der Waals surface area contributed by atoms with Crippen LogP contribution in [-0.2, 0) is 12.8 Å². The van der Waals surface area contributed by atoms with Crippen LogP contribution in [0.3, 0.4) is 0 Å². The van der Waals surface area contributed by atoms with Crippen molar-refractivity contribution in [3.63, 3.8) is 0 Å². The summed E-state index contributed by atoms with van der Waals surface area (Å²) in [6.45, 7) is 5.60. The van der Waals surface area contributed by atoms with E-state index in [0.29, 0.717) is 23.1 Å². The molecule has 0 atom stereocenters. The number of thiocarbonyl (C=S) groups is 4. The Balaban J connectivity index is 0.000000196. The number of aromatic hydroxyl groups is 3. The summed E-state index contributed by atoms with van der Waals surface area (Å²) in [4.78, 5) is 0. The standard InChI is InChI=1S/C14H11N3OS.C12H11N3OS.C11H13N3OS.C10H13N3OS/c15-14(19)17-16-8-9-4-3-6-11-10-5-1-2-7-12(10)18-13(9)11;13-12(17)15-14-7-9-6-5-8-3-1-2-4-10(8)11(9)16;1-2-4-8-5-3-6-9(10(8)15)7-13-14-11(12)16;1-2-7-4-3-5-8(9(7)14)6-12-13-10(11)15/h1-8H,(H3,15,17,19);1-7,16H,(H3,13,15,17);2-3,5-7,15H,1,4H2,(H3,12,14,16);3-6,14H,2H2,1H3,(H3,11,13,15)/b16-8+;14-7+;13-7+;12-6+. The molecule has 20 heteroatoms. The molecular formula is C47H48N12O4S4. The molecule has 0 radical (unpaired) electrons. The highest BCUT2D eigenvalue weighted by Gasteiger charge is 2.09. The Morgan fingerprint density at radius 3 is 1.49 bits per heavy atom. The summed E-state index contributed by atoms with van der Waals surface area (Å²) in [5, 5.41) is 49.3. The number of nitrogens with two attached hydrogens (primary N) is 4. The quantitative estimate of drug-likeness (QED) is 0.0273. The zero-order valence-electron chi connectivity index (χ0n) is 36.0. The lowest BCUT2D eigenvalue weighted by atomic mass is 10.1.